The minimum atomic E-state index is -1.77. The van der Waals surface area contributed by atoms with Crippen LogP contribution < -0.4 is 0 Å². The molecule has 0 spiro atoms. The molecule has 35 heavy (non-hydrogen) atoms. The van der Waals surface area contributed by atoms with E-state index in [1.807, 2.05) is 0 Å². The lowest BCUT2D eigenvalue weighted by molar-refractivity contribution is -0.341. The maximum absolute atomic E-state index is 10.3. The molecular formula is C19H34O16. The smallest absolute Gasteiger partial charge is 0.186 e. The van der Waals surface area contributed by atoms with E-state index >= 15 is 0 Å². The summed E-state index contributed by atoms with van der Waals surface area (Å²) < 4.78 is 31.6. The third-order valence-corrected chi connectivity index (χ3v) is 6.27. The Kier molecular flexibility index (Phi) is 10.1. The van der Waals surface area contributed by atoms with Crippen LogP contribution in [0.1, 0.15) is 0 Å². The Bertz CT molecular complexity index is 600. The van der Waals surface area contributed by atoms with Crippen LogP contribution in [0.25, 0.3) is 0 Å². The average molecular weight is 518 g/mol. The van der Waals surface area contributed by atoms with Crippen molar-refractivity contribution in [2.45, 2.75) is 92.1 Å². The first-order chi connectivity index (χ1) is 16.5. The summed E-state index contributed by atoms with van der Waals surface area (Å²) in [5, 5.41) is 99.5. The zero-order chi connectivity index (χ0) is 26.0. The highest BCUT2D eigenvalue weighted by molar-refractivity contribution is 4.93. The minimum Gasteiger partial charge on any atom is -0.394 e. The molecule has 3 rings (SSSR count). The van der Waals surface area contributed by atoms with Gasteiger partial charge in [0.25, 0.3) is 0 Å². The Hall–Kier alpha value is -0.640. The molecule has 16 heteroatoms. The van der Waals surface area contributed by atoms with Gasteiger partial charge >= 0.3 is 0 Å². The topological polar surface area (TPSA) is 258 Å². The van der Waals surface area contributed by atoms with Gasteiger partial charge in [0.15, 0.2) is 18.9 Å². The summed E-state index contributed by atoms with van der Waals surface area (Å²) in [5.41, 5.74) is 0. The summed E-state index contributed by atoms with van der Waals surface area (Å²) in [5.74, 6) is 0. The molecule has 0 aromatic heterocycles. The van der Waals surface area contributed by atoms with Gasteiger partial charge in [-0.05, 0) is 0 Å². The Morgan fingerprint density at radius 3 is 1.23 bits per heavy atom. The lowest BCUT2D eigenvalue weighted by Crippen LogP contribution is -2.62. The molecule has 0 amide bonds. The maximum atomic E-state index is 10.3. The number of methoxy groups -OCH3 is 1. The lowest BCUT2D eigenvalue weighted by Gasteiger charge is -2.43. The minimum absolute atomic E-state index is 0.490. The van der Waals surface area contributed by atoms with E-state index in [2.05, 4.69) is 0 Å². The maximum Gasteiger partial charge on any atom is 0.186 e. The predicted octanol–water partition coefficient (Wildman–Crippen LogP) is -6.92. The second-order valence-corrected chi connectivity index (χ2v) is 8.63. The first kappa shape index (κ1) is 28.9. The highest BCUT2D eigenvalue weighted by atomic mass is 16.7. The second-order valence-electron chi connectivity index (χ2n) is 8.63. The van der Waals surface area contributed by atoms with Crippen LogP contribution in [0.15, 0.2) is 0 Å². The number of aliphatic hydroxyl groups excluding tert-OH is 10. The lowest BCUT2D eigenvalue weighted by atomic mass is 9.98. The average Bonchev–Trinajstić information content (AvgIpc) is 2.85. The highest BCUT2D eigenvalue weighted by Gasteiger charge is 2.49. The van der Waals surface area contributed by atoms with Gasteiger partial charge in [0.2, 0.25) is 0 Å². The zero-order valence-electron chi connectivity index (χ0n) is 18.7. The third kappa shape index (κ3) is 6.10. The van der Waals surface area contributed by atoms with Gasteiger partial charge in [0.1, 0.15) is 73.2 Å². The molecule has 3 fully saturated rings. The molecular weight excluding hydrogens is 484 g/mol. The molecule has 206 valence electrons. The van der Waals surface area contributed by atoms with Crippen molar-refractivity contribution in [1.82, 2.24) is 0 Å². The van der Waals surface area contributed by atoms with Crippen LogP contribution in [-0.4, -0.2) is 170 Å². The summed E-state index contributed by atoms with van der Waals surface area (Å²) in [6, 6.07) is 0. The van der Waals surface area contributed by atoms with Crippen molar-refractivity contribution in [3.05, 3.63) is 0 Å². The summed E-state index contributed by atoms with van der Waals surface area (Å²) >= 11 is 0. The van der Waals surface area contributed by atoms with E-state index in [-0.39, 0.29) is 0 Å². The summed E-state index contributed by atoms with van der Waals surface area (Å²) in [7, 11) is 1.21. The largest absolute Gasteiger partial charge is 0.394 e. The third-order valence-electron chi connectivity index (χ3n) is 6.27. The van der Waals surface area contributed by atoms with Crippen molar-refractivity contribution >= 4 is 0 Å². The fourth-order valence-electron chi connectivity index (χ4n) is 4.03. The van der Waals surface area contributed by atoms with E-state index in [1.165, 1.54) is 7.11 Å². The van der Waals surface area contributed by atoms with Crippen LogP contribution in [-0.2, 0) is 28.4 Å². The summed E-state index contributed by atoms with van der Waals surface area (Å²) in [6.07, 6.45) is -23.1. The first-order valence-corrected chi connectivity index (χ1v) is 11.0. The van der Waals surface area contributed by atoms with Crippen LogP contribution in [0.5, 0.6) is 0 Å². The van der Waals surface area contributed by atoms with Gasteiger partial charge in [-0.15, -0.1) is 0 Å². The number of hydrogen-bond donors (Lipinski definition) is 10. The van der Waals surface area contributed by atoms with Crippen molar-refractivity contribution in [2.75, 3.05) is 26.9 Å². The van der Waals surface area contributed by atoms with Gasteiger partial charge < -0.3 is 79.5 Å². The molecule has 3 unspecified atom stereocenters. The fraction of sp³-hybridized carbons (Fsp3) is 1.00. The van der Waals surface area contributed by atoms with Gasteiger partial charge in [-0.2, -0.15) is 0 Å². The molecule has 3 aliphatic heterocycles. The Balaban J connectivity index is 1.59. The van der Waals surface area contributed by atoms with E-state index in [4.69, 9.17) is 28.4 Å². The molecule has 0 aromatic rings. The van der Waals surface area contributed by atoms with Crippen LogP contribution in [0.2, 0.25) is 0 Å². The second kappa shape index (κ2) is 12.3. The van der Waals surface area contributed by atoms with Crippen molar-refractivity contribution in [1.29, 1.82) is 0 Å². The first-order valence-electron chi connectivity index (χ1n) is 11.0. The predicted molar refractivity (Wildman–Crippen MR) is 106 cm³/mol. The van der Waals surface area contributed by atoms with Crippen LogP contribution in [0, 0.1) is 0 Å². The van der Waals surface area contributed by atoms with Gasteiger partial charge in [-0.1, -0.05) is 0 Å². The molecule has 3 saturated heterocycles. The fourth-order valence-corrected chi connectivity index (χ4v) is 4.03. The molecule has 0 bridgehead atoms. The molecule has 3 aliphatic rings. The Labute approximate surface area is 199 Å². The van der Waals surface area contributed by atoms with Gasteiger partial charge in [0.05, 0.1) is 19.8 Å². The normalized spacial score (nSPS) is 51.3. The van der Waals surface area contributed by atoms with E-state index in [0.29, 0.717) is 0 Å². The van der Waals surface area contributed by atoms with Crippen molar-refractivity contribution in [2.24, 2.45) is 0 Å². The standard InChI is InChI=1S/C19H34O16/c1-30-17-14(27)12(25)9(22)6(34-17)3-32-19-16(29)13(26)10(23)7(35-19)4-31-18-15(28)11(24)8(21)5(2-20)33-18/h5-29H,2-4H2,1H3/t5-,6?,7?,8-,9-,10-,11+,12+,13+,14-,15-,16-,17?,18-,19-/m1/s1. The molecule has 0 saturated carbocycles. The van der Waals surface area contributed by atoms with Crippen molar-refractivity contribution in [3.8, 4) is 0 Å². The highest BCUT2D eigenvalue weighted by Crippen LogP contribution is 2.27. The number of hydrogen-bond acceptors (Lipinski definition) is 16. The Morgan fingerprint density at radius 2 is 0.829 bits per heavy atom. The SMILES string of the molecule is COC1OC(CO[C@@H]2OC(CO[C@@H]3O[C@H](CO)[C@@H](O)[C@H](O)[C@H]3O)[C@@H](O)[C@H](O)[C@H]2O)[C@@H](O)[C@H](O)[C@H]1O. The van der Waals surface area contributed by atoms with Crippen LogP contribution >= 0.6 is 0 Å². The quantitative estimate of drug-likeness (QED) is 0.143. The van der Waals surface area contributed by atoms with Gasteiger partial charge in [0, 0.05) is 7.11 Å². The molecule has 10 N–H and O–H groups in total. The monoisotopic (exact) mass is 518 g/mol. The van der Waals surface area contributed by atoms with Crippen molar-refractivity contribution in [3.63, 3.8) is 0 Å². The van der Waals surface area contributed by atoms with Crippen LogP contribution in [0.3, 0.4) is 0 Å². The molecule has 0 radical (unpaired) electrons. The molecule has 0 aliphatic carbocycles. The van der Waals surface area contributed by atoms with E-state index in [1.54, 1.807) is 0 Å². The van der Waals surface area contributed by atoms with E-state index in [0.717, 1.165) is 0 Å². The molecule has 3 heterocycles. The molecule has 15 atom stereocenters. The summed E-state index contributed by atoms with van der Waals surface area (Å²) in [6.45, 7) is -1.72. The number of rotatable bonds is 8. The van der Waals surface area contributed by atoms with Gasteiger partial charge in [-0.25, -0.2) is 0 Å². The van der Waals surface area contributed by atoms with E-state index < -0.39 is 112 Å². The van der Waals surface area contributed by atoms with Gasteiger partial charge in [-0.3, -0.25) is 0 Å². The van der Waals surface area contributed by atoms with Crippen molar-refractivity contribution < 1.29 is 79.5 Å². The number of ether oxygens (including phenoxy) is 6. The zero-order valence-corrected chi connectivity index (χ0v) is 18.7. The summed E-state index contributed by atoms with van der Waals surface area (Å²) in [4.78, 5) is 0. The Morgan fingerprint density at radius 1 is 0.486 bits per heavy atom. The van der Waals surface area contributed by atoms with Crippen LogP contribution in [0.4, 0.5) is 0 Å². The number of aliphatic hydroxyl groups is 10. The molecule has 16 nitrogen and oxygen atoms in total. The van der Waals surface area contributed by atoms with E-state index in [9.17, 15) is 51.1 Å². The molecule has 0 aromatic carbocycles.